The van der Waals surface area contributed by atoms with Crippen LogP contribution in [0.1, 0.15) is 51.2 Å². The van der Waals surface area contributed by atoms with Crippen molar-refractivity contribution < 1.29 is 14.3 Å². The van der Waals surface area contributed by atoms with E-state index in [1.54, 1.807) is 36.4 Å². The van der Waals surface area contributed by atoms with Crippen molar-refractivity contribution >= 4 is 41.0 Å². The van der Waals surface area contributed by atoms with E-state index in [1.165, 1.54) is 0 Å². The second-order valence-electron chi connectivity index (χ2n) is 7.69. The van der Waals surface area contributed by atoms with E-state index in [-0.39, 0.29) is 0 Å². The summed E-state index contributed by atoms with van der Waals surface area (Å²) in [4.78, 5) is 22.4. The molecule has 0 bridgehead atoms. The van der Waals surface area contributed by atoms with Gasteiger partial charge < -0.3 is 15.8 Å². The number of nitrogens with zero attached hydrogens (tertiary/aromatic N) is 1. The highest BCUT2D eigenvalue weighted by Gasteiger charge is 2.20. The molecular weight excluding hydrogens is 452 g/mol. The van der Waals surface area contributed by atoms with Gasteiger partial charge in [-0.1, -0.05) is 38.8 Å². The third-order valence-electron chi connectivity index (χ3n) is 4.94. The Hall–Kier alpha value is -3.37. The number of hydrogen-bond donors (Lipinski definition) is 5. The van der Waals surface area contributed by atoms with Gasteiger partial charge in [-0.3, -0.25) is 25.9 Å². The van der Waals surface area contributed by atoms with Gasteiger partial charge in [0.1, 0.15) is 5.75 Å². The first kappa shape index (κ1) is 26.9. The third kappa shape index (κ3) is 9.24. The standard InChI is InChI=1S/C24H34N6O3S/c1-3-5-15-30(16-6-4-2)29-24(34)27-19-11-13-21(14-12-19)33-22(23(25)32)18-7-9-20(10-8-18)28-26-17-31/h7-14,17,22,28H,3-6,15-16H2,1-2H3,(H2,25,32)(H,26,31)(H2,27,29,34). The second-order valence-corrected chi connectivity index (χ2v) is 8.10. The van der Waals surface area contributed by atoms with Gasteiger partial charge in [-0.25, -0.2) is 5.01 Å². The van der Waals surface area contributed by atoms with E-state index in [4.69, 9.17) is 22.7 Å². The number of carbonyl (C=O) groups is 2. The molecule has 0 aromatic heterocycles. The summed E-state index contributed by atoms with van der Waals surface area (Å²) in [6.07, 6.45) is 4.01. The Morgan fingerprint density at radius 3 is 2.15 bits per heavy atom. The van der Waals surface area contributed by atoms with Gasteiger partial charge in [0.2, 0.25) is 12.5 Å². The number of nitrogens with one attached hydrogen (secondary N) is 4. The minimum atomic E-state index is -0.958. The normalized spacial score (nSPS) is 11.4. The number of benzene rings is 2. The Morgan fingerprint density at radius 1 is 1.03 bits per heavy atom. The monoisotopic (exact) mass is 486 g/mol. The van der Waals surface area contributed by atoms with E-state index in [1.807, 2.05) is 12.1 Å². The third-order valence-corrected chi connectivity index (χ3v) is 5.13. The highest BCUT2D eigenvalue weighted by atomic mass is 32.1. The van der Waals surface area contributed by atoms with Crippen molar-refractivity contribution in [3.05, 3.63) is 54.1 Å². The highest BCUT2D eigenvalue weighted by Crippen LogP contribution is 2.24. The quantitative estimate of drug-likeness (QED) is 0.147. The van der Waals surface area contributed by atoms with Crippen LogP contribution < -0.4 is 32.1 Å². The van der Waals surface area contributed by atoms with Crippen LogP contribution in [0.15, 0.2) is 48.5 Å². The van der Waals surface area contributed by atoms with Crippen LogP contribution in [-0.2, 0) is 9.59 Å². The molecule has 0 heterocycles. The van der Waals surface area contributed by atoms with Crippen LogP contribution in [-0.4, -0.2) is 35.5 Å². The summed E-state index contributed by atoms with van der Waals surface area (Å²) < 4.78 is 5.84. The molecule has 0 saturated heterocycles. The maximum Gasteiger partial charge on any atom is 0.263 e. The van der Waals surface area contributed by atoms with E-state index in [0.717, 1.165) is 44.5 Å². The van der Waals surface area contributed by atoms with Crippen molar-refractivity contribution in [2.24, 2.45) is 5.73 Å². The maximum absolute atomic E-state index is 12.0. The fourth-order valence-corrected chi connectivity index (χ4v) is 3.37. The number of nitrogens with two attached hydrogens (primary N) is 1. The van der Waals surface area contributed by atoms with Crippen molar-refractivity contribution in [1.82, 2.24) is 15.9 Å². The summed E-state index contributed by atoms with van der Waals surface area (Å²) in [6, 6.07) is 13.9. The zero-order chi connectivity index (χ0) is 24.8. The molecular formula is C24H34N6O3S. The first-order chi connectivity index (χ1) is 16.5. The molecule has 1 atom stereocenters. The highest BCUT2D eigenvalue weighted by molar-refractivity contribution is 7.80. The Balaban J connectivity index is 1.97. The van der Waals surface area contributed by atoms with Crippen LogP contribution in [0.2, 0.25) is 0 Å². The largest absolute Gasteiger partial charge is 0.476 e. The first-order valence-electron chi connectivity index (χ1n) is 11.4. The van der Waals surface area contributed by atoms with Crippen molar-refractivity contribution in [1.29, 1.82) is 0 Å². The van der Waals surface area contributed by atoms with Gasteiger partial charge in [0.25, 0.3) is 5.91 Å². The fourth-order valence-electron chi connectivity index (χ4n) is 3.12. The lowest BCUT2D eigenvalue weighted by molar-refractivity contribution is -0.125. The lowest BCUT2D eigenvalue weighted by Gasteiger charge is -2.24. The molecule has 0 aliphatic heterocycles. The zero-order valence-corrected chi connectivity index (χ0v) is 20.5. The molecule has 2 rings (SSSR count). The van der Waals surface area contributed by atoms with Gasteiger partial charge in [-0.2, -0.15) is 0 Å². The molecule has 2 aromatic rings. The van der Waals surface area contributed by atoms with Gasteiger partial charge >= 0.3 is 0 Å². The minimum Gasteiger partial charge on any atom is -0.476 e. The molecule has 0 spiro atoms. The smallest absolute Gasteiger partial charge is 0.263 e. The average molecular weight is 487 g/mol. The summed E-state index contributed by atoms with van der Waals surface area (Å²) in [7, 11) is 0. The number of rotatable bonds is 15. The Bertz CT molecular complexity index is 900. The molecule has 2 amide bonds. The van der Waals surface area contributed by atoms with E-state index in [2.05, 4.69) is 40.5 Å². The fraction of sp³-hybridized carbons (Fsp3) is 0.375. The lowest BCUT2D eigenvalue weighted by atomic mass is 10.1. The number of ether oxygens (including phenoxy) is 1. The van der Waals surface area contributed by atoms with Gasteiger partial charge in [0, 0.05) is 24.3 Å². The Labute approximate surface area is 206 Å². The number of hydrazine groups is 2. The van der Waals surface area contributed by atoms with E-state index in [9.17, 15) is 9.59 Å². The van der Waals surface area contributed by atoms with Crippen molar-refractivity contribution in [3.63, 3.8) is 0 Å². The number of anilines is 2. The van der Waals surface area contributed by atoms with Crippen molar-refractivity contribution in [2.45, 2.75) is 45.6 Å². The van der Waals surface area contributed by atoms with Crippen LogP contribution in [0.5, 0.6) is 5.75 Å². The van der Waals surface area contributed by atoms with Crippen LogP contribution in [0, 0.1) is 0 Å². The molecule has 6 N–H and O–H groups in total. The van der Waals surface area contributed by atoms with Crippen molar-refractivity contribution in [2.75, 3.05) is 23.8 Å². The molecule has 0 aliphatic carbocycles. The second kappa shape index (κ2) is 14.7. The predicted octanol–water partition coefficient (Wildman–Crippen LogP) is 3.47. The number of unbranched alkanes of at least 4 members (excludes halogenated alkanes) is 2. The first-order valence-corrected chi connectivity index (χ1v) is 11.8. The number of amides is 2. The average Bonchev–Trinajstić information content (AvgIpc) is 2.84. The molecule has 0 aliphatic rings. The number of primary amides is 1. The maximum atomic E-state index is 12.0. The van der Waals surface area contributed by atoms with Crippen LogP contribution >= 0.6 is 12.2 Å². The van der Waals surface area contributed by atoms with Gasteiger partial charge in [0.15, 0.2) is 5.11 Å². The van der Waals surface area contributed by atoms with E-state index in [0.29, 0.717) is 28.5 Å². The van der Waals surface area contributed by atoms with E-state index >= 15 is 0 Å². The SMILES string of the molecule is CCCCN(CCCC)NC(=S)Nc1ccc(OC(C(N)=O)c2ccc(NNC=O)cc2)cc1. The van der Waals surface area contributed by atoms with Crippen molar-refractivity contribution in [3.8, 4) is 5.75 Å². The number of carbonyl (C=O) groups excluding carboxylic acids is 2. The molecule has 2 aromatic carbocycles. The molecule has 0 fully saturated rings. The summed E-state index contributed by atoms with van der Waals surface area (Å²) >= 11 is 5.47. The van der Waals surface area contributed by atoms with Crippen LogP contribution in [0.3, 0.4) is 0 Å². The van der Waals surface area contributed by atoms with Gasteiger partial charge in [-0.05, 0) is 61.5 Å². The summed E-state index contributed by atoms with van der Waals surface area (Å²) in [5.74, 6) is -0.121. The minimum absolute atomic E-state index is 0.491. The molecule has 0 radical (unpaired) electrons. The topological polar surface area (TPSA) is 121 Å². The molecule has 34 heavy (non-hydrogen) atoms. The molecule has 0 saturated carbocycles. The van der Waals surface area contributed by atoms with Gasteiger partial charge in [-0.15, -0.1) is 0 Å². The van der Waals surface area contributed by atoms with Crippen LogP contribution in [0.4, 0.5) is 11.4 Å². The number of thiocarbonyl (C=S) groups is 1. The molecule has 1 unspecified atom stereocenters. The molecule has 9 nitrogen and oxygen atoms in total. The number of hydrogen-bond acceptors (Lipinski definition) is 6. The summed E-state index contributed by atoms with van der Waals surface area (Å²) in [6.45, 7) is 6.20. The summed E-state index contributed by atoms with van der Waals surface area (Å²) in [5.41, 5.74) is 15.9. The molecule has 184 valence electrons. The Morgan fingerprint density at radius 2 is 1.62 bits per heavy atom. The summed E-state index contributed by atoms with van der Waals surface area (Å²) in [5, 5.41) is 5.84. The molecule has 10 heteroatoms. The predicted molar refractivity (Wildman–Crippen MR) is 139 cm³/mol. The van der Waals surface area contributed by atoms with Gasteiger partial charge in [0.05, 0.1) is 5.69 Å². The zero-order valence-electron chi connectivity index (χ0n) is 19.7. The Kier molecular flexibility index (Phi) is 11.6. The lowest BCUT2D eigenvalue weighted by Crippen LogP contribution is -2.45. The van der Waals surface area contributed by atoms with Crippen LogP contribution in [0.25, 0.3) is 0 Å². The van der Waals surface area contributed by atoms with E-state index < -0.39 is 12.0 Å².